The lowest BCUT2D eigenvalue weighted by molar-refractivity contribution is -0.190. The number of hydroxylamine groups is 1. The van der Waals surface area contributed by atoms with E-state index in [0.717, 1.165) is 0 Å². The molecule has 1 atom stereocenters. The Bertz CT molecular complexity index is 456. The fraction of sp³-hybridized carbons (Fsp3) is 0.417. The highest BCUT2D eigenvalue weighted by molar-refractivity contribution is 5.85. The van der Waals surface area contributed by atoms with Crippen molar-refractivity contribution in [3.63, 3.8) is 0 Å². The Hall–Kier alpha value is -1.54. The summed E-state index contributed by atoms with van der Waals surface area (Å²) >= 11 is 0. The van der Waals surface area contributed by atoms with Crippen LogP contribution < -0.4 is 5.48 Å². The van der Waals surface area contributed by atoms with Crippen molar-refractivity contribution in [3.05, 3.63) is 23.8 Å². The summed E-state index contributed by atoms with van der Waals surface area (Å²) in [6.07, 6.45) is 0.0395. The Morgan fingerprint density at radius 1 is 1.25 bits per heavy atom. The van der Waals surface area contributed by atoms with Crippen molar-refractivity contribution in [1.29, 1.82) is 0 Å². The van der Waals surface area contributed by atoms with E-state index in [1.54, 1.807) is 6.07 Å². The molecule has 0 aliphatic rings. The summed E-state index contributed by atoms with van der Waals surface area (Å²) < 4.78 is 9.82. The van der Waals surface area contributed by atoms with Crippen molar-refractivity contribution in [2.45, 2.75) is 12.1 Å². The van der Waals surface area contributed by atoms with Crippen molar-refractivity contribution >= 4 is 18.4 Å². The van der Waals surface area contributed by atoms with Crippen LogP contribution in [0.15, 0.2) is 18.2 Å². The van der Waals surface area contributed by atoms with Gasteiger partial charge in [0.15, 0.2) is 11.5 Å². The lowest BCUT2D eigenvalue weighted by atomic mass is 10.0. The van der Waals surface area contributed by atoms with Crippen LogP contribution in [0.25, 0.3) is 0 Å². The standard InChI is InChI=1S/C12H17NO6.ClH/c1-17-11(16)12(18-2,13-19-3)7-8-4-5-9(14)10(15)6-8;/h4-6,13-15H,7H2,1-3H3;1H/t12-;/m1./s1. The lowest BCUT2D eigenvalue weighted by Gasteiger charge is -2.29. The second-order valence-corrected chi connectivity index (χ2v) is 3.83. The van der Waals surface area contributed by atoms with Crippen LogP contribution >= 0.6 is 12.4 Å². The molecule has 3 N–H and O–H groups in total. The average molecular weight is 308 g/mol. The van der Waals surface area contributed by atoms with Crippen LogP contribution in [0.3, 0.4) is 0 Å². The molecule has 1 aromatic rings. The van der Waals surface area contributed by atoms with E-state index in [1.807, 2.05) is 0 Å². The second kappa shape index (κ2) is 7.91. The van der Waals surface area contributed by atoms with E-state index in [9.17, 15) is 15.0 Å². The number of carbonyl (C=O) groups is 1. The number of ether oxygens (including phenoxy) is 2. The number of esters is 1. The van der Waals surface area contributed by atoms with Gasteiger partial charge in [-0.15, -0.1) is 12.4 Å². The first kappa shape index (κ1) is 18.5. The van der Waals surface area contributed by atoms with Crippen LogP contribution in [-0.4, -0.2) is 43.2 Å². The van der Waals surface area contributed by atoms with E-state index in [4.69, 9.17) is 9.57 Å². The number of benzene rings is 1. The number of aromatic hydroxyl groups is 2. The average Bonchev–Trinajstić information content (AvgIpc) is 2.41. The molecule has 0 saturated carbocycles. The predicted molar refractivity (Wildman–Crippen MR) is 72.6 cm³/mol. The Balaban J connectivity index is 0.00000361. The van der Waals surface area contributed by atoms with Gasteiger partial charge in [0.05, 0.1) is 14.2 Å². The molecule has 0 radical (unpaired) electrons. The summed E-state index contributed by atoms with van der Waals surface area (Å²) in [7, 11) is 3.88. The van der Waals surface area contributed by atoms with Crippen molar-refractivity contribution in [1.82, 2.24) is 5.48 Å². The van der Waals surface area contributed by atoms with Gasteiger partial charge in [0.25, 0.3) is 0 Å². The molecule has 20 heavy (non-hydrogen) atoms. The zero-order chi connectivity index (χ0) is 14.5. The highest BCUT2D eigenvalue weighted by Gasteiger charge is 2.40. The summed E-state index contributed by atoms with van der Waals surface area (Å²) in [5, 5.41) is 18.7. The SMILES string of the molecule is CON[C@](Cc1ccc(O)c(O)c1)(OC)C(=O)OC.Cl. The van der Waals surface area contributed by atoms with Gasteiger partial charge in [-0.3, -0.25) is 0 Å². The third-order valence-corrected chi connectivity index (χ3v) is 2.62. The molecule has 0 unspecified atom stereocenters. The Kier molecular flexibility index (Phi) is 7.30. The van der Waals surface area contributed by atoms with E-state index in [-0.39, 0.29) is 30.3 Å². The van der Waals surface area contributed by atoms with Crippen LogP contribution in [0.4, 0.5) is 0 Å². The molecule has 0 aliphatic heterocycles. The van der Waals surface area contributed by atoms with E-state index in [1.165, 1.54) is 33.5 Å². The number of phenolic OH excluding ortho intramolecular Hbond substituents is 2. The maximum absolute atomic E-state index is 11.8. The highest BCUT2D eigenvalue weighted by Crippen LogP contribution is 2.27. The zero-order valence-corrected chi connectivity index (χ0v) is 12.2. The normalized spacial score (nSPS) is 13.2. The summed E-state index contributed by atoms with van der Waals surface area (Å²) in [4.78, 5) is 16.6. The van der Waals surface area contributed by atoms with Crippen LogP contribution in [0, 0.1) is 0 Å². The second-order valence-electron chi connectivity index (χ2n) is 3.83. The molecule has 0 spiro atoms. The zero-order valence-electron chi connectivity index (χ0n) is 11.4. The summed E-state index contributed by atoms with van der Waals surface area (Å²) in [6, 6.07) is 4.18. The van der Waals surface area contributed by atoms with E-state index < -0.39 is 11.7 Å². The van der Waals surface area contributed by atoms with Crippen molar-refractivity contribution < 1.29 is 29.3 Å². The van der Waals surface area contributed by atoms with Gasteiger partial charge in [-0.1, -0.05) is 6.07 Å². The summed E-state index contributed by atoms with van der Waals surface area (Å²) in [5.74, 6) is -1.21. The van der Waals surface area contributed by atoms with E-state index in [2.05, 4.69) is 10.2 Å². The number of carbonyl (C=O) groups excluding carboxylic acids is 1. The molecular formula is C12H18ClNO6. The van der Waals surface area contributed by atoms with E-state index >= 15 is 0 Å². The van der Waals surface area contributed by atoms with Crippen LogP contribution in [0.5, 0.6) is 11.5 Å². The molecule has 0 fully saturated rings. The first-order valence-corrected chi connectivity index (χ1v) is 5.43. The Morgan fingerprint density at radius 3 is 2.35 bits per heavy atom. The van der Waals surface area contributed by atoms with E-state index in [0.29, 0.717) is 5.56 Å². The first-order valence-electron chi connectivity index (χ1n) is 5.43. The molecule has 1 rings (SSSR count). The van der Waals surface area contributed by atoms with Crippen LogP contribution in [0.2, 0.25) is 0 Å². The molecule has 0 heterocycles. The van der Waals surface area contributed by atoms with Crippen molar-refractivity contribution in [2.75, 3.05) is 21.3 Å². The number of phenols is 2. The number of methoxy groups -OCH3 is 2. The molecule has 0 amide bonds. The van der Waals surface area contributed by atoms with Gasteiger partial charge in [0.1, 0.15) is 0 Å². The van der Waals surface area contributed by atoms with Crippen molar-refractivity contribution in [3.8, 4) is 11.5 Å². The molecule has 0 bridgehead atoms. The fourth-order valence-electron chi connectivity index (χ4n) is 1.64. The fourth-order valence-corrected chi connectivity index (χ4v) is 1.64. The van der Waals surface area contributed by atoms with Crippen LogP contribution in [-0.2, 0) is 25.5 Å². The minimum atomic E-state index is -1.53. The minimum absolute atomic E-state index is 0. The minimum Gasteiger partial charge on any atom is -0.504 e. The number of hydrogen-bond donors (Lipinski definition) is 3. The van der Waals surface area contributed by atoms with Crippen LogP contribution in [0.1, 0.15) is 5.56 Å². The smallest absolute Gasteiger partial charge is 0.356 e. The topological polar surface area (TPSA) is 97.3 Å². The number of nitrogens with one attached hydrogen (secondary N) is 1. The summed E-state index contributed by atoms with van der Waals surface area (Å²) in [5.41, 5.74) is 1.45. The van der Waals surface area contributed by atoms with Gasteiger partial charge >= 0.3 is 5.97 Å². The number of rotatable bonds is 6. The van der Waals surface area contributed by atoms with Gasteiger partial charge in [0, 0.05) is 13.5 Å². The third-order valence-electron chi connectivity index (χ3n) is 2.62. The molecule has 0 aromatic heterocycles. The Morgan fingerprint density at radius 2 is 1.90 bits per heavy atom. The largest absolute Gasteiger partial charge is 0.504 e. The van der Waals surface area contributed by atoms with Gasteiger partial charge < -0.3 is 24.5 Å². The molecular weight excluding hydrogens is 290 g/mol. The predicted octanol–water partition coefficient (Wildman–Crippen LogP) is 0.729. The molecule has 0 aliphatic carbocycles. The van der Waals surface area contributed by atoms with Gasteiger partial charge in [-0.25, -0.2) is 4.79 Å². The molecule has 0 saturated heterocycles. The molecule has 1 aromatic carbocycles. The first-order chi connectivity index (χ1) is 8.99. The van der Waals surface area contributed by atoms with Gasteiger partial charge in [-0.05, 0) is 17.7 Å². The number of halogens is 1. The lowest BCUT2D eigenvalue weighted by Crippen LogP contribution is -2.55. The molecule has 7 nitrogen and oxygen atoms in total. The highest BCUT2D eigenvalue weighted by atomic mass is 35.5. The summed E-state index contributed by atoms with van der Waals surface area (Å²) in [6.45, 7) is 0. The quantitative estimate of drug-likeness (QED) is 0.308. The third kappa shape index (κ3) is 3.97. The monoisotopic (exact) mass is 307 g/mol. The van der Waals surface area contributed by atoms with Gasteiger partial charge in [0.2, 0.25) is 5.72 Å². The maximum Gasteiger partial charge on any atom is 0.356 e. The number of hydrogen-bond acceptors (Lipinski definition) is 7. The molecule has 114 valence electrons. The maximum atomic E-state index is 11.8. The van der Waals surface area contributed by atoms with Gasteiger partial charge in [-0.2, -0.15) is 5.48 Å². The Labute approximate surface area is 122 Å². The molecule has 8 heteroatoms. The van der Waals surface area contributed by atoms with Crippen molar-refractivity contribution in [2.24, 2.45) is 0 Å².